The van der Waals surface area contributed by atoms with E-state index in [1.165, 1.54) is 0 Å². The first-order chi connectivity index (χ1) is 4.64. The summed E-state index contributed by atoms with van der Waals surface area (Å²) in [5, 5.41) is 0. The zero-order valence-electron chi connectivity index (χ0n) is 4.68. The van der Waals surface area contributed by atoms with Gasteiger partial charge in [0, 0.05) is 0 Å². The van der Waals surface area contributed by atoms with Gasteiger partial charge in [0.15, 0.2) is 0 Å². The summed E-state index contributed by atoms with van der Waals surface area (Å²) in [6.45, 7) is 0. The Hall–Kier alpha value is 3.12. The SMILES string of the molecule is ClC(Cl)C(Cl)Cl.[Cl][Sn]([Cl])([Cl])[Cl]. The maximum atomic E-state index is 5.11. The molecule has 0 bridgehead atoms. The second-order valence-corrected chi connectivity index (χ2v) is 28.9. The molecular weight excluding hydrogens is 426 g/mol. The van der Waals surface area contributed by atoms with Crippen molar-refractivity contribution in [3.05, 3.63) is 0 Å². The van der Waals surface area contributed by atoms with Gasteiger partial charge in [-0.05, 0) is 0 Å². The van der Waals surface area contributed by atoms with Crippen molar-refractivity contribution >= 4 is 96.0 Å². The summed E-state index contributed by atoms with van der Waals surface area (Å²) in [4.78, 5) is -1.35. The predicted octanol–water partition coefficient (Wildman–Crippen LogP) is 4.97. The Balaban J connectivity index is 0. The van der Waals surface area contributed by atoms with Gasteiger partial charge in [-0.25, -0.2) is 0 Å². The van der Waals surface area contributed by atoms with Gasteiger partial charge in [-0.1, -0.05) is 0 Å². The molecule has 0 rings (SSSR count). The number of hydrogen-bond acceptors (Lipinski definition) is 0. The number of alkyl halides is 4. The molecule has 0 aromatic carbocycles. The van der Waals surface area contributed by atoms with Crippen LogP contribution in [0.5, 0.6) is 0 Å². The molecule has 70 valence electrons. The van der Waals surface area contributed by atoms with Crippen molar-refractivity contribution < 1.29 is 0 Å². The maximum absolute atomic E-state index is 5.11. The molecule has 0 N–H and O–H groups in total. The molecule has 0 fully saturated rings. The Morgan fingerprint density at radius 1 is 0.636 bits per heavy atom. The third-order valence-electron chi connectivity index (χ3n) is 0.190. The molecule has 9 heteroatoms. The molecule has 0 aromatic heterocycles. The Morgan fingerprint density at radius 3 is 0.727 bits per heavy atom. The molecule has 0 aliphatic heterocycles. The Bertz CT molecular complexity index is 72.6. The van der Waals surface area contributed by atoms with Crippen LogP contribution in [-0.4, -0.2) is 23.5 Å². The quantitative estimate of drug-likeness (QED) is 0.409. The van der Waals surface area contributed by atoms with Gasteiger partial charge in [-0.15, -0.1) is 46.4 Å². The number of halogens is 8. The monoisotopic (exact) mass is 426 g/mol. The summed E-state index contributed by atoms with van der Waals surface area (Å²) in [5.41, 5.74) is 0. The summed E-state index contributed by atoms with van der Waals surface area (Å²) in [6.07, 6.45) is 0. The fourth-order valence-corrected chi connectivity index (χ4v) is 0. The van der Waals surface area contributed by atoms with Gasteiger partial charge in [0.25, 0.3) is 0 Å². The second kappa shape index (κ2) is 8.43. The van der Waals surface area contributed by atoms with Crippen LogP contribution >= 0.6 is 82.1 Å². The van der Waals surface area contributed by atoms with Gasteiger partial charge in [0.1, 0.15) is 9.67 Å². The molecule has 0 unspecified atom stereocenters. The van der Waals surface area contributed by atoms with Crippen molar-refractivity contribution in [1.82, 2.24) is 0 Å². The Morgan fingerprint density at radius 2 is 0.727 bits per heavy atom. The summed E-state index contributed by atoms with van der Waals surface area (Å²) in [6, 6.07) is 0. The first-order valence-electron chi connectivity index (χ1n) is 1.96. The second-order valence-electron chi connectivity index (χ2n) is 1.10. The molecule has 0 saturated heterocycles. The topological polar surface area (TPSA) is 0 Å². The molecule has 0 aliphatic carbocycles. The first-order valence-corrected chi connectivity index (χ1v) is 18.2. The van der Waals surface area contributed by atoms with Crippen LogP contribution in [0, 0.1) is 0 Å². The van der Waals surface area contributed by atoms with Gasteiger partial charge in [0.2, 0.25) is 0 Å². The minimum absolute atomic E-state index is 0.673. The van der Waals surface area contributed by atoms with Crippen LogP contribution in [0.25, 0.3) is 0 Å². The van der Waals surface area contributed by atoms with E-state index in [9.17, 15) is 0 Å². The van der Waals surface area contributed by atoms with E-state index in [1.807, 2.05) is 0 Å². The Kier molecular flexibility index (Phi) is 12.7. The van der Waals surface area contributed by atoms with E-state index in [2.05, 4.69) is 0 Å². The molecule has 0 amide bonds. The summed E-state index contributed by atoms with van der Waals surface area (Å²) in [5.74, 6) is 0. The van der Waals surface area contributed by atoms with E-state index in [4.69, 9.17) is 82.1 Å². The molecular formula is C2H2Cl8Sn. The van der Waals surface area contributed by atoms with E-state index < -0.39 is 23.5 Å². The van der Waals surface area contributed by atoms with Gasteiger partial charge >= 0.3 is 49.6 Å². The third kappa shape index (κ3) is 32.0. The summed E-state index contributed by atoms with van der Waals surface area (Å²) < 4.78 is 0. The molecule has 0 radical (unpaired) electrons. The van der Waals surface area contributed by atoms with Crippen molar-refractivity contribution in [2.75, 3.05) is 0 Å². The summed E-state index contributed by atoms with van der Waals surface area (Å²) in [7, 11) is 20.1. The van der Waals surface area contributed by atoms with Crippen molar-refractivity contribution in [3.8, 4) is 0 Å². The van der Waals surface area contributed by atoms with Gasteiger partial charge in [0.05, 0.1) is 0 Å². The molecule has 0 spiro atoms. The average molecular weight is 428 g/mol. The van der Waals surface area contributed by atoms with Crippen LogP contribution in [0.1, 0.15) is 0 Å². The first kappa shape index (κ1) is 16.5. The number of rotatable bonds is 1. The van der Waals surface area contributed by atoms with E-state index in [1.54, 1.807) is 0 Å². The van der Waals surface area contributed by atoms with Crippen LogP contribution in [0.15, 0.2) is 0 Å². The van der Waals surface area contributed by atoms with Gasteiger partial charge in [-0.2, -0.15) is 0 Å². The molecule has 0 aromatic rings. The minimum atomic E-state index is -3.29. The molecule has 0 heterocycles. The third-order valence-corrected chi connectivity index (χ3v) is 1.71. The van der Waals surface area contributed by atoms with E-state index in [0.29, 0.717) is 0 Å². The Labute approximate surface area is 104 Å². The van der Waals surface area contributed by atoms with E-state index in [-0.39, 0.29) is 0 Å². The fraction of sp³-hybridized carbons (Fsp3) is 1.00. The number of hydrogen-bond donors (Lipinski definition) is 0. The van der Waals surface area contributed by atoms with Crippen LogP contribution < -0.4 is 0 Å². The van der Waals surface area contributed by atoms with Crippen LogP contribution in [0.3, 0.4) is 0 Å². The molecule has 11 heavy (non-hydrogen) atoms. The fourth-order valence-electron chi connectivity index (χ4n) is 0. The predicted molar refractivity (Wildman–Crippen MR) is 60.2 cm³/mol. The molecule has 0 nitrogen and oxygen atoms in total. The van der Waals surface area contributed by atoms with E-state index >= 15 is 0 Å². The standard InChI is InChI=1S/C2H2Cl4.4ClH.Sn/c3-1(4)2(5)6;;;;;/h1-2H;4*1H;/q;;;;;+4/p-4. The van der Waals surface area contributed by atoms with Crippen molar-refractivity contribution in [2.45, 2.75) is 9.67 Å². The van der Waals surface area contributed by atoms with Crippen LogP contribution in [0.4, 0.5) is 0 Å². The van der Waals surface area contributed by atoms with E-state index in [0.717, 1.165) is 0 Å². The van der Waals surface area contributed by atoms with Gasteiger partial charge in [-0.3, -0.25) is 0 Å². The van der Waals surface area contributed by atoms with Gasteiger partial charge < -0.3 is 0 Å². The van der Waals surface area contributed by atoms with Crippen molar-refractivity contribution in [3.63, 3.8) is 0 Å². The average Bonchev–Trinajstić information content (AvgIpc) is 1.59. The normalized spacial score (nSPS) is 11.5. The zero-order chi connectivity index (χ0) is 9.65. The van der Waals surface area contributed by atoms with Crippen molar-refractivity contribution in [1.29, 1.82) is 0 Å². The zero-order valence-corrected chi connectivity index (χ0v) is 13.6. The summed E-state index contributed by atoms with van der Waals surface area (Å²) >= 11 is 17.2. The van der Waals surface area contributed by atoms with Crippen LogP contribution in [0.2, 0.25) is 0 Å². The van der Waals surface area contributed by atoms with Crippen LogP contribution in [-0.2, 0) is 0 Å². The molecule has 0 aliphatic rings. The molecule has 0 atom stereocenters. The van der Waals surface area contributed by atoms with Crippen molar-refractivity contribution in [2.24, 2.45) is 0 Å². The molecule has 0 saturated carbocycles.